The van der Waals surface area contributed by atoms with Gasteiger partial charge in [0.2, 0.25) is 0 Å². The van der Waals surface area contributed by atoms with Gasteiger partial charge in [0, 0.05) is 36.4 Å². The molecule has 4 aromatic rings. The molecule has 230 valence electrons. The van der Waals surface area contributed by atoms with E-state index in [0.29, 0.717) is 29.5 Å². The number of benzene rings is 4. The highest BCUT2D eigenvalue weighted by molar-refractivity contribution is 6.09. The molecule has 0 radical (unpaired) electrons. The number of carboxylic acid groups (broad SMARTS) is 1. The second kappa shape index (κ2) is 16.3. The number of ketones is 1. The molecule has 0 aromatic heterocycles. The molecule has 6 nitrogen and oxygen atoms in total. The van der Waals surface area contributed by atoms with E-state index in [-0.39, 0.29) is 17.7 Å². The lowest BCUT2D eigenvalue weighted by molar-refractivity contribution is -0.168. The Morgan fingerprint density at radius 2 is 1.32 bits per heavy atom. The lowest BCUT2D eigenvalue weighted by Gasteiger charge is -2.40. The third-order valence-electron chi connectivity index (χ3n) is 7.65. The first-order valence-electron chi connectivity index (χ1n) is 15.0. The molecule has 4 aromatic carbocycles. The fourth-order valence-electron chi connectivity index (χ4n) is 5.19. The fourth-order valence-corrected chi connectivity index (χ4v) is 5.19. The van der Waals surface area contributed by atoms with Gasteiger partial charge in [0.15, 0.2) is 5.78 Å². The van der Waals surface area contributed by atoms with Gasteiger partial charge in [-0.3, -0.25) is 14.4 Å². The van der Waals surface area contributed by atoms with Crippen molar-refractivity contribution in [2.24, 2.45) is 5.92 Å². The minimum atomic E-state index is -0.899. The van der Waals surface area contributed by atoms with Crippen LogP contribution >= 0.6 is 0 Å². The molecule has 0 bridgehead atoms. The smallest absolute Gasteiger partial charge is 0.310 e. The Labute approximate surface area is 261 Å². The van der Waals surface area contributed by atoms with Crippen LogP contribution in [-0.2, 0) is 26.3 Å². The van der Waals surface area contributed by atoms with Crippen LogP contribution in [0.2, 0.25) is 0 Å². The van der Waals surface area contributed by atoms with Gasteiger partial charge >= 0.3 is 11.9 Å². The van der Waals surface area contributed by atoms with Crippen molar-refractivity contribution < 1.29 is 24.2 Å². The summed E-state index contributed by atoms with van der Waals surface area (Å²) in [6.45, 7) is 6.45. The Hall–Kier alpha value is -4.55. The van der Waals surface area contributed by atoms with Gasteiger partial charge in [-0.25, -0.2) is 0 Å². The molecule has 0 spiro atoms. The molecule has 0 saturated heterocycles. The molecule has 0 fully saturated rings. The van der Waals surface area contributed by atoms with Crippen LogP contribution in [0.3, 0.4) is 0 Å². The van der Waals surface area contributed by atoms with Gasteiger partial charge in [0.05, 0.1) is 5.92 Å². The monoisotopic (exact) mass is 593 g/mol. The van der Waals surface area contributed by atoms with Crippen molar-refractivity contribution >= 4 is 17.7 Å². The standard InChI is InChI=1S/C22H29NO2.C16H14O3/c1-5-21(24)25-22(18(2)17-23(3)4,20-14-10-7-11-15-20)16-19-12-8-6-9-13-19;1-11(16(18)19)13-8-5-9-14(10-13)15(17)12-6-3-2-4-7-12/h6-15,18H,5,16-17H2,1-4H3;2-11H,1H3,(H,18,19). The normalized spacial score (nSPS) is 13.5. The molecule has 0 aliphatic rings. The Morgan fingerprint density at radius 3 is 1.86 bits per heavy atom. The van der Waals surface area contributed by atoms with Gasteiger partial charge in [-0.1, -0.05) is 123 Å². The number of carboxylic acids is 1. The van der Waals surface area contributed by atoms with Gasteiger partial charge in [0.25, 0.3) is 0 Å². The van der Waals surface area contributed by atoms with Crippen molar-refractivity contribution in [1.82, 2.24) is 4.90 Å². The number of esters is 1. The van der Waals surface area contributed by atoms with Gasteiger partial charge in [-0.15, -0.1) is 0 Å². The van der Waals surface area contributed by atoms with E-state index in [1.807, 2.05) is 49.4 Å². The van der Waals surface area contributed by atoms with Gasteiger partial charge < -0.3 is 14.7 Å². The molecule has 0 aliphatic carbocycles. The molecule has 3 unspecified atom stereocenters. The van der Waals surface area contributed by atoms with Gasteiger partial charge in [-0.2, -0.15) is 0 Å². The van der Waals surface area contributed by atoms with Crippen LogP contribution in [0.25, 0.3) is 0 Å². The number of hydrogen-bond acceptors (Lipinski definition) is 5. The van der Waals surface area contributed by atoms with E-state index < -0.39 is 17.5 Å². The maximum Gasteiger partial charge on any atom is 0.310 e. The van der Waals surface area contributed by atoms with E-state index in [9.17, 15) is 14.4 Å². The van der Waals surface area contributed by atoms with Crippen molar-refractivity contribution in [2.75, 3.05) is 20.6 Å². The molecule has 4 rings (SSSR count). The molecular weight excluding hydrogens is 550 g/mol. The maximum absolute atomic E-state index is 12.3. The number of ether oxygens (including phenoxy) is 1. The zero-order chi connectivity index (χ0) is 32.1. The Bertz CT molecular complexity index is 1490. The van der Waals surface area contributed by atoms with Crippen LogP contribution in [0, 0.1) is 5.92 Å². The Kier molecular flexibility index (Phi) is 12.6. The minimum Gasteiger partial charge on any atom is -0.481 e. The van der Waals surface area contributed by atoms with Crippen molar-refractivity contribution in [1.29, 1.82) is 0 Å². The first-order chi connectivity index (χ1) is 21.1. The average Bonchev–Trinajstić information content (AvgIpc) is 3.04. The third kappa shape index (κ3) is 9.22. The molecule has 0 aliphatic heterocycles. The van der Waals surface area contributed by atoms with Crippen molar-refractivity contribution in [3.63, 3.8) is 0 Å². The van der Waals surface area contributed by atoms with E-state index in [0.717, 1.165) is 12.1 Å². The van der Waals surface area contributed by atoms with Crippen LogP contribution in [0.4, 0.5) is 0 Å². The number of carbonyl (C=O) groups excluding carboxylic acids is 2. The number of rotatable bonds is 12. The second-order valence-electron chi connectivity index (χ2n) is 11.3. The molecule has 0 heterocycles. The molecule has 3 atom stereocenters. The number of hydrogen-bond donors (Lipinski definition) is 1. The largest absolute Gasteiger partial charge is 0.481 e. The fraction of sp³-hybridized carbons (Fsp3) is 0.289. The summed E-state index contributed by atoms with van der Waals surface area (Å²) in [5.74, 6) is -1.64. The predicted octanol–water partition coefficient (Wildman–Crippen LogP) is 7.38. The zero-order valence-corrected chi connectivity index (χ0v) is 26.3. The van der Waals surface area contributed by atoms with E-state index in [2.05, 4.69) is 50.2 Å². The number of nitrogens with zero attached hydrogens (tertiary/aromatic N) is 1. The van der Waals surface area contributed by atoms with Gasteiger partial charge in [0.1, 0.15) is 5.60 Å². The second-order valence-corrected chi connectivity index (χ2v) is 11.3. The SMILES string of the molecule is CC(C(=O)O)c1cccc(C(=O)c2ccccc2)c1.CCC(=O)OC(Cc1ccccc1)(c1ccccc1)C(C)CN(C)C. The van der Waals surface area contributed by atoms with Crippen molar-refractivity contribution in [2.45, 2.75) is 45.1 Å². The van der Waals surface area contributed by atoms with Crippen LogP contribution < -0.4 is 0 Å². The van der Waals surface area contributed by atoms with Gasteiger partial charge in [-0.05, 0) is 43.8 Å². The Balaban J connectivity index is 0.000000249. The summed E-state index contributed by atoms with van der Waals surface area (Å²) in [7, 11) is 4.10. The maximum atomic E-state index is 12.3. The van der Waals surface area contributed by atoms with Crippen molar-refractivity contribution in [3.05, 3.63) is 143 Å². The lowest BCUT2D eigenvalue weighted by Crippen LogP contribution is -2.44. The average molecular weight is 594 g/mol. The van der Waals surface area contributed by atoms with E-state index in [1.54, 1.807) is 55.5 Å². The first kappa shape index (κ1) is 33.9. The highest BCUT2D eigenvalue weighted by Gasteiger charge is 2.42. The quantitative estimate of drug-likeness (QED) is 0.136. The summed E-state index contributed by atoms with van der Waals surface area (Å²) in [6, 6.07) is 36.1. The van der Waals surface area contributed by atoms with E-state index in [1.165, 1.54) is 5.56 Å². The number of carbonyl (C=O) groups is 3. The minimum absolute atomic E-state index is 0.0972. The van der Waals surface area contributed by atoms with E-state index >= 15 is 0 Å². The molecule has 0 amide bonds. The van der Waals surface area contributed by atoms with Crippen LogP contribution in [0.15, 0.2) is 115 Å². The molecular formula is C38H43NO5. The van der Waals surface area contributed by atoms with Crippen molar-refractivity contribution in [3.8, 4) is 0 Å². The summed E-state index contributed by atoms with van der Waals surface area (Å²) in [5.41, 5.74) is 3.28. The molecule has 0 saturated carbocycles. The van der Waals surface area contributed by atoms with Crippen LogP contribution in [0.5, 0.6) is 0 Å². The topological polar surface area (TPSA) is 83.9 Å². The first-order valence-corrected chi connectivity index (χ1v) is 15.0. The summed E-state index contributed by atoms with van der Waals surface area (Å²) >= 11 is 0. The zero-order valence-electron chi connectivity index (χ0n) is 26.3. The summed E-state index contributed by atoms with van der Waals surface area (Å²) in [6.07, 6.45) is 1.04. The summed E-state index contributed by atoms with van der Waals surface area (Å²) < 4.78 is 6.17. The summed E-state index contributed by atoms with van der Waals surface area (Å²) in [5, 5.41) is 9.00. The highest BCUT2D eigenvalue weighted by Crippen LogP contribution is 2.38. The lowest BCUT2D eigenvalue weighted by atomic mass is 9.77. The van der Waals surface area contributed by atoms with E-state index in [4.69, 9.17) is 9.84 Å². The Morgan fingerprint density at radius 1 is 0.773 bits per heavy atom. The molecule has 6 heteroatoms. The number of aliphatic carboxylic acids is 1. The highest BCUT2D eigenvalue weighted by atomic mass is 16.6. The molecule has 1 N–H and O–H groups in total. The van der Waals surface area contributed by atoms with Crippen LogP contribution in [0.1, 0.15) is 65.7 Å². The third-order valence-corrected chi connectivity index (χ3v) is 7.65. The molecule has 44 heavy (non-hydrogen) atoms. The van der Waals surface area contributed by atoms with Crippen LogP contribution in [-0.4, -0.2) is 48.4 Å². The predicted molar refractivity (Wildman–Crippen MR) is 175 cm³/mol. The summed E-state index contributed by atoms with van der Waals surface area (Å²) in [4.78, 5) is 37.7.